The molecule has 0 heterocycles. The van der Waals surface area contributed by atoms with Crippen LogP contribution in [0.4, 0.5) is 4.39 Å². The molecular weight excluding hydrogens is 309 g/mol. The predicted molar refractivity (Wildman–Crippen MR) is 94.0 cm³/mol. The van der Waals surface area contributed by atoms with Crippen molar-refractivity contribution in [2.45, 2.75) is 32.3 Å². The van der Waals surface area contributed by atoms with Crippen LogP contribution in [0, 0.1) is 11.7 Å². The number of para-hydroxylation sites is 1. The summed E-state index contributed by atoms with van der Waals surface area (Å²) >= 11 is 0. The van der Waals surface area contributed by atoms with Gasteiger partial charge in [0.1, 0.15) is 6.10 Å². The number of guanidine groups is 1. The van der Waals surface area contributed by atoms with Gasteiger partial charge in [0, 0.05) is 20.2 Å². The van der Waals surface area contributed by atoms with E-state index in [0.717, 1.165) is 18.9 Å². The summed E-state index contributed by atoms with van der Waals surface area (Å²) in [5, 5.41) is 6.41. The van der Waals surface area contributed by atoms with Gasteiger partial charge in [-0.3, -0.25) is 4.99 Å². The summed E-state index contributed by atoms with van der Waals surface area (Å²) < 4.78 is 25.0. The van der Waals surface area contributed by atoms with E-state index in [9.17, 15) is 4.39 Å². The van der Waals surface area contributed by atoms with Gasteiger partial charge in [-0.2, -0.15) is 0 Å². The first kappa shape index (κ1) is 18.5. The number of halogens is 1. The van der Waals surface area contributed by atoms with E-state index in [2.05, 4.69) is 15.6 Å². The summed E-state index contributed by atoms with van der Waals surface area (Å²) in [6, 6.07) is 6.46. The molecule has 5 nitrogen and oxygen atoms in total. The highest BCUT2D eigenvalue weighted by Gasteiger charge is 2.20. The zero-order valence-electron chi connectivity index (χ0n) is 14.6. The van der Waals surface area contributed by atoms with Gasteiger partial charge < -0.3 is 20.1 Å². The van der Waals surface area contributed by atoms with Gasteiger partial charge >= 0.3 is 0 Å². The van der Waals surface area contributed by atoms with Crippen molar-refractivity contribution in [1.29, 1.82) is 0 Å². The average molecular weight is 337 g/mol. The number of aliphatic imine (C=N–C) groups is 1. The first-order chi connectivity index (χ1) is 11.7. The second-order valence-electron chi connectivity index (χ2n) is 5.98. The van der Waals surface area contributed by atoms with Gasteiger partial charge in [-0.1, -0.05) is 19.1 Å². The molecule has 1 aliphatic carbocycles. The van der Waals surface area contributed by atoms with Crippen LogP contribution in [0.25, 0.3) is 0 Å². The Morgan fingerprint density at radius 1 is 1.33 bits per heavy atom. The maximum absolute atomic E-state index is 13.7. The van der Waals surface area contributed by atoms with E-state index in [1.165, 1.54) is 18.9 Å². The van der Waals surface area contributed by atoms with Gasteiger partial charge in [0.25, 0.3) is 0 Å². The summed E-state index contributed by atoms with van der Waals surface area (Å²) in [5.41, 5.74) is 0. The molecule has 0 amide bonds. The minimum absolute atomic E-state index is 0.133. The van der Waals surface area contributed by atoms with E-state index in [1.807, 2.05) is 6.92 Å². The van der Waals surface area contributed by atoms with Crippen LogP contribution < -0.4 is 15.4 Å². The molecule has 1 fully saturated rings. The van der Waals surface area contributed by atoms with Gasteiger partial charge in [-0.25, -0.2) is 4.39 Å². The molecule has 1 aromatic rings. The Labute approximate surface area is 143 Å². The maximum Gasteiger partial charge on any atom is 0.191 e. The third-order valence-corrected chi connectivity index (χ3v) is 3.90. The number of rotatable bonds is 10. The number of nitrogens with zero attached hydrogens (tertiary/aromatic N) is 1. The van der Waals surface area contributed by atoms with E-state index in [0.29, 0.717) is 25.7 Å². The lowest BCUT2D eigenvalue weighted by atomic mass is 10.2. The SMILES string of the molecule is CCC(CNC(=NC)NCCOCC1CC1)Oc1ccccc1F. The van der Waals surface area contributed by atoms with E-state index in [1.54, 1.807) is 25.2 Å². The third-order valence-electron chi connectivity index (χ3n) is 3.90. The molecule has 0 bridgehead atoms. The largest absolute Gasteiger partial charge is 0.486 e. The predicted octanol–water partition coefficient (Wildman–Crippen LogP) is 2.57. The summed E-state index contributed by atoms with van der Waals surface area (Å²) in [7, 11) is 1.72. The third kappa shape index (κ3) is 6.74. The Morgan fingerprint density at radius 2 is 2.12 bits per heavy atom. The van der Waals surface area contributed by atoms with Crippen molar-refractivity contribution in [3.05, 3.63) is 30.1 Å². The number of hydrogen-bond acceptors (Lipinski definition) is 3. The molecular formula is C18H28FN3O2. The summed E-state index contributed by atoms with van der Waals surface area (Å²) in [5.74, 6) is 1.41. The van der Waals surface area contributed by atoms with Crippen molar-refractivity contribution in [3.63, 3.8) is 0 Å². The quantitative estimate of drug-likeness (QED) is 0.391. The minimum atomic E-state index is -0.341. The van der Waals surface area contributed by atoms with Crippen LogP contribution in [0.15, 0.2) is 29.3 Å². The molecule has 0 spiro atoms. The van der Waals surface area contributed by atoms with Crippen LogP contribution in [0.2, 0.25) is 0 Å². The monoisotopic (exact) mass is 337 g/mol. The fraction of sp³-hybridized carbons (Fsp3) is 0.611. The molecule has 1 unspecified atom stereocenters. The van der Waals surface area contributed by atoms with Gasteiger partial charge in [0.05, 0.1) is 13.2 Å². The fourth-order valence-corrected chi connectivity index (χ4v) is 2.20. The minimum Gasteiger partial charge on any atom is -0.486 e. The second-order valence-corrected chi connectivity index (χ2v) is 5.98. The number of benzene rings is 1. The normalized spacial score (nSPS) is 15.9. The van der Waals surface area contributed by atoms with Crippen LogP contribution in [-0.4, -0.2) is 45.4 Å². The lowest BCUT2D eigenvalue weighted by molar-refractivity contribution is 0.129. The molecule has 24 heavy (non-hydrogen) atoms. The van der Waals surface area contributed by atoms with Gasteiger partial charge in [-0.15, -0.1) is 0 Å². The van der Waals surface area contributed by atoms with Gasteiger partial charge in [0.2, 0.25) is 0 Å². The average Bonchev–Trinajstić information content (AvgIpc) is 3.42. The van der Waals surface area contributed by atoms with Crippen molar-refractivity contribution in [1.82, 2.24) is 10.6 Å². The van der Waals surface area contributed by atoms with Gasteiger partial charge in [0.15, 0.2) is 17.5 Å². The summed E-state index contributed by atoms with van der Waals surface area (Å²) in [6.45, 7) is 4.79. The molecule has 0 aromatic heterocycles. The van der Waals surface area contributed by atoms with E-state index in [4.69, 9.17) is 9.47 Å². The Kier molecular flexibility index (Phi) is 7.82. The van der Waals surface area contributed by atoms with E-state index >= 15 is 0 Å². The fourth-order valence-electron chi connectivity index (χ4n) is 2.20. The molecule has 0 aliphatic heterocycles. The van der Waals surface area contributed by atoms with Gasteiger partial charge in [-0.05, 0) is 37.3 Å². The first-order valence-electron chi connectivity index (χ1n) is 8.66. The number of nitrogens with one attached hydrogen (secondary N) is 2. The highest BCUT2D eigenvalue weighted by Crippen LogP contribution is 2.28. The smallest absolute Gasteiger partial charge is 0.191 e. The Balaban J connectivity index is 1.66. The van der Waals surface area contributed by atoms with Crippen LogP contribution in [0.5, 0.6) is 5.75 Å². The zero-order valence-corrected chi connectivity index (χ0v) is 14.6. The Hall–Kier alpha value is -1.82. The van der Waals surface area contributed by atoms with Crippen LogP contribution >= 0.6 is 0 Å². The van der Waals surface area contributed by atoms with Crippen molar-refractivity contribution >= 4 is 5.96 Å². The Bertz CT molecular complexity index is 521. The highest BCUT2D eigenvalue weighted by molar-refractivity contribution is 5.79. The number of ether oxygens (including phenoxy) is 2. The van der Waals surface area contributed by atoms with Crippen LogP contribution in [0.3, 0.4) is 0 Å². The maximum atomic E-state index is 13.7. The van der Waals surface area contributed by atoms with E-state index < -0.39 is 0 Å². The molecule has 134 valence electrons. The molecule has 0 radical (unpaired) electrons. The lowest BCUT2D eigenvalue weighted by Crippen LogP contribution is -2.43. The van der Waals surface area contributed by atoms with Crippen LogP contribution in [0.1, 0.15) is 26.2 Å². The number of hydrogen-bond donors (Lipinski definition) is 2. The van der Waals surface area contributed by atoms with Crippen molar-refractivity contribution < 1.29 is 13.9 Å². The molecule has 0 saturated heterocycles. The van der Waals surface area contributed by atoms with Crippen molar-refractivity contribution in [3.8, 4) is 5.75 Å². The molecule has 1 atom stereocenters. The molecule has 1 saturated carbocycles. The molecule has 1 aliphatic rings. The summed E-state index contributed by atoms with van der Waals surface area (Å²) in [6.07, 6.45) is 3.24. The van der Waals surface area contributed by atoms with Crippen molar-refractivity contribution in [2.24, 2.45) is 10.9 Å². The standard InChI is InChI=1S/C18H28FN3O2/c1-3-15(24-17-7-5-4-6-16(17)19)12-22-18(20-2)21-10-11-23-13-14-8-9-14/h4-7,14-15H,3,8-13H2,1-2H3,(H2,20,21,22). The second kappa shape index (κ2) is 10.1. The molecule has 1 aromatic carbocycles. The van der Waals surface area contributed by atoms with Crippen molar-refractivity contribution in [2.75, 3.05) is 33.4 Å². The highest BCUT2D eigenvalue weighted by atomic mass is 19.1. The molecule has 2 rings (SSSR count). The van der Waals surface area contributed by atoms with E-state index in [-0.39, 0.29) is 17.7 Å². The molecule has 6 heteroatoms. The van der Waals surface area contributed by atoms with Crippen LogP contribution in [-0.2, 0) is 4.74 Å². The topological polar surface area (TPSA) is 54.9 Å². The summed E-state index contributed by atoms with van der Waals surface area (Å²) in [4.78, 5) is 4.17. The first-order valence-corrected chi connectivity index (χ1v) is 8.66. The zero-order chi connectivity index (χ0) is 17.2. The molecule has 2 N–H and O–H groups in total. The Morgan fingerprint density at radius 3 is 2.79 bits per heavy atom. The lowest BCUT2D eigenvalue weighted by Gasteiger charge is -2.20.